The molecule has 6 atom stereocenters. The molecule has 0 aromatic heterocycles. The molecule has 2 saturated carbocycles. The second-order valence-electron chi connectivity index (χ2n) is 9.36. The van der Waals surface area contributed by atoms with Crippen LogP contribution in [0.15, 0.2) is 22.8 Å². The Balaban J connectivity index is 1.89. The first-order valence-electron chi connectivity index (χ1n) is 9.44. The second-order valence-corrected chi connectivity index (χ2v) is 9.36. The summed E-state index contributed by atoms with van der Waals surface area (Å²) in [6.07, 6.45) is 2.99. The zero-order chi connectivity index (χ0) is 19.1. The van der Waals surface area contributed by atoms with Gasteiger partial charge in [0.25, 0.3) is 5.79 Å². The molecule has 0 bridgehead atoms. The Kier molecular flexibility index (Phi) is 3.78. The van der Waals surface area contributed by atoms with Gasteiger partial charge in [-0.2, -0.15) is 0 Å². The molecule has 0 radical (unpaired) electrons. The van der Waals surface area contributed by atoms with Crippen LogP contribution in [0.2, 0.25) is 0 Å². The highest BCUT2D eigenvalue weighted by Crippen LogP contribution is 2.64. The standard InChI is InChI=1S/C20H28O6/c1-18(2)5-4-6-19(3)14(18)8-13(22)10-7-12-11(9-21)17(24)26-20(12,25)16(23)15(10)19/h7,13-16,21-23,25H,4-6,8-9H2,1-3H3/t13-,14+,15-,16+,19+,20-/m0/s1. The van der Waals surface area contributed by atoms with Gasteiger partial charge in [0.1, 0.15) is 6.10 Å². The van der Waals surface area contributed by atoms with Gasteiger partial charge in [-0.05, 0) is 47.7 Å². The van der Waals surface area contributed by atoms with Crippen molar-refractivity contribution < 1.29 is 30.0 Å². The average Bonchev–Trinajstić information content (AvgIpc) is 2.80. The number of rotatable bonds is 1. The summed E-state index contributed by atoms with van der Waals surface area (Å²) < 4.78 is 5.14. The number of carbonyl (C=O) groups is 1. The van der Waals surface area contributed by atoms with E-state index in [1.165, 1.54) is 0 Å². The van der Waals surface area contributed by atoms with Crippen LogP contribution in [-0.4, -0.2) is 51.0 Å². The maximum absolute atomic E-state index is 12.1. The lowest BCUT2D eigenvalue weighted by Crippen LogP contribution is -2.62. The van der Waals surface area contributed by atoms with Crippen LogP contribution in [0, 0.1) is 22.7 Å². The predicted octanol–water partition coefficient (Wildman–Crippen LogP) is 1.03. The molecule has 6 heteroatoms. The molecule has 0 spiro atoms. The quantitative estimate of drug-likeness (QED) is 0.518. The minimum Gasteiger partial charge on any atom is -0.422 e. The van der Waals surface area contributed by atoms with E-state index in [0.717, 1.165) is 19.3 Å². The number of aliphatic hydroxyl groups is 4. The Morgan fingerprint density at radius 1 is 1.23 bits per heavy atom. The summed E-state index contributed by atoms with van der Waals surface area (Å²) in [6, 6.07) is 0. The van der Waals surface area contributed by atoms with E-state index in [4.69, 9.17) is 4.74 Å². The Bertz CT molecular complexity index is 722. The van der Waals surface area contributed by atoms with E-state index in [9.17, 15) is 25.2 Å². The number of hydrogen-bond donors (Lipinski definition) is 4. The molecule has 4 N–H and O–H groups in total. The van der Waals surface area contributed by atoms with Crippen LogP contribution in [0.25, 0.3) is 0 Å². The minimum atomic E-state index is -2.16. The number of ether oxygens (including phenoxy) is 1. The second kappa shape index (κ2) is 5.41. The largest absolute Gasteiger partial charge is 0.422 e. The van der Waals surface area contributed by atoms with Gasteiger partial charge in [-0.1, -0.05) is 27.2 Å². The summed E-state index contributed by atoms with van der Waals surface area (Å²) in [5.74, 6) is -3.30. The van der Waals surface area contributed by atoms with Crippen molar-refractivity contribution in [2.75, 3.05) is 6.61 Å². The fourth-order valence-corrected chi connectivity index (χ4v) is 6.34. The molecule has 4 rings (SSSR count). The molecule has 4 aliphatic rings. The van der Waals surface area contributed by atoms with Crippen molar-refractivity contribution in [2.45, 2.75) is 64.4 Å². The Labute approximate surface area is 153 Å². The summed E-state index contributed by atoms with van der Waals surface area (Å²) in [5, 5.41) is 42.6. The summed E-state index contributed by atoms with van der Waals surface area (Å²) in [7, 11) is 0. The van der Waals surface area contributed by atoms with Crippen LogP contribution in [0.4, 0.5) is 0 Å². The minimum absolute atomic E-state index is 0.0145. The number of hydrogen-bond acceptors (Lipinski definition) is 6. The van der Waals surface area contributed by atoms with Gasteiger partial charge in [0.2, 0.25) is 0 Å². The van der Waals surface area contributed by atoms with E-state index in [0.29, 0.717) is 12.0 Å². The lowest BCUT2D eigenvalue weighted by atomic mass is 9.45. The lowest BCUT2D eigenvalue weighted by molar-refractivity contribution is -0.244. The monoisotopic (exact) mass is 364 g/mol. The number of fused-ring (bicyclic) bond motifs is 4. The molecule has 3 aliphatic carbocycles. The highest BCUT2D eigenvalue weighted by molar-refractivity contribution is 5.94. The molecular weight excluding hydrogens is 336 g/mol. The summed E-state index contributed by atoms with van der Waals surface area (Å²) in [6.45, 7) is 5.94. The zero-order valence-corrected chi connectivity index (χ0v) is 15.5. The van der Waals surface area contributed by atoms with Gasteiger partial charge in [-0.15, -0.1) is 0 Å². The number of aliphatic hydroxyl groups excluding tert-OH is 3. The predicted molar refractivity (Wildman–Crippen MR) is 92.6 cm³/mol. The zero-order valence-electron chi connectivity index (χ0n) is 15.5. The third kappa shape index (κ3) is 2.10. The molecule has 0 aromatic carbocycles. The maximum Gasteiger partial charge on any atom is 0.339 e. The molecule has 0 amide bonds. The summed E-state index contributed by atoms with van der Waals surface area (Å²) >= 11 is 0. The topological polar surface area (TPSA) is 107 Å². The van der Waals surface area contributed by atoms with Gasteiger partial charge in [-0.25, -0.2) is 4.79 Å². The Hall–Kier alpha value is -1.21. The lowest BCUT2D eigenvalue weighted by Gasteiger charge is -2.61. The van der Waals surface area contributed by atoms with Crippen molar-refractivity contribution in [3.8, 4) is 0 Å². The van der Waals surface area contributed by atoms with Gasteiger partial charge >= 0.3 is 5.97 Å². The fourth-order valence-electron chi connectivity index (χ4n) is 6.34. The van der Waals surface area contributed by atoms with Crippen molar-refractivity contribution in [2.24, 2.45) is 22.7 Å². The first-order chi connectivity index (χ1) is 12.1. The van der Waals surface area contributed by atoms with Gasteiger partial charge < -0.3 is 25.2 Å². The Morgan fingerprint density at radius 2 is 1.92 bits per heavy atom. The summed E-state index contributed by atoms with van der Waals surface area (Å²) in [4.78, 5) is 12.1. The first-order valence-corrected chi connectivity index (χ1v) is 9.44. The van der Waals surface area contributed by atoms with Crippen molar-refractivity contribution >= 4 is 5.97 Å². The summed E-state index contributed by atoms with van der Waals surface area (Å²) in [5.41, 5.74) is 0.362. The van der Waals surface area contributed by atoms with E-state index in [2.05, 4.69) is 20.8 Å². The van der Waals surface area contributed by atoms with Crippen LogP contribution in [-0.2, 0) is 9.53 Å². The fraction of sp³-hybridized carbons (Fsp3) is 0.750. The van der Waals surface area contributed by atoms with Crippen LogP contribution in [0.1, 0.15) is 46.5 Å². The van der Waals surface area contributed by atoms with Crippen molar-refractivity contribution in [3.63, 3.8) is 0 Å². The molecule has 1 aliphatic heterocycles. The molecular formula is C20H28O6. The van der Waals surface area contributed by atoms with Gasteiger partial charge in [0.15, 0.2) is 0 Å². The smallest absolute Gasteiger partial charge is 0.339 e. The van der Waals surface area contributed by atoms with Crippen molar-refractivity contribution in [1.29, 1.82) is 0 Å². The molecule has 0 aromatic rings. The third-order valence-corrected chi connectivity index (χ3v) is 7.58. The van der Waals surface area contributed by atoms with Gasteiger partial charge in [-0.3, -0.25) is 0 Å². The SMILES string of the molecule is CC1(C)CCC[C@]2(C)[C@@H]1C[C@H](O)C1=CC3=C(CO)C(=O)O[C@]3(O)[C@H](O)[C@H]12. The van der Waals surface area contributed by atoms with E-state index in [-0.39, 0.29) is 27.9 Å². The van der Waals surface area contributed by atoms with E-state index in [1.807, 2.05) is 0 Å². The molecule has 0 saturated heterocycles. The van der Waals surface area contributed by atoms with E-state index in [1.54, 1.807) is 6.08 Å². The van der Waals surface area contributed by atoms with Crippen molar-refractivity contribution in [3.05, 3.63) is 22.8 Å². The van der Waals surface area contributed by atoms with Crippen LogP contribution in [0.3, 0.4) is 0 Å². The van der Waals surface area contributed by atoms with Crippen LogP contribution < -0.4 is 0 Å². The first kappa shape index (κ1) is 18.2. The molecule has 1 heterocycles. The van der Waals surface area contributed by atoms with Crippen LogP contribution >= 0.6 is 0 Å². The normalized spacial score (nSPS) is 46.9. The molecule has 26 heavy (non-hydrogen) atoms. The highest BCUT2D eigenvalue weighted by atomic mass is 16.7. The average molecular weight is 364 g/mol. The number of carbonyl (C=O) groups excluding carboxylic acids is 1. The third-order valence-electron chi connectivity index (χ3n) is 7.58. The number of esters is 1. The maximum atomic E-state index is 12.1. The van der Waals surface area contributed by atoms with Gasteiger partial charge in [0.05, 0.1) is 18.3 Å². The van der Waals surface area contributed by atoms with Crippen LogP contribution in [0.5, 0.6) is 0 Å². The van der Waals surface area contributed by atoms with E-state index < -0.39 is 36.5 Å². The van der Waals surface area contributed by atoms with Crippen molar-refractivity contribution in [1.82, 2.24) is 0 Å². The molecule has 6 nitrogen and oxygen atoms in total. The van der Waals surface area contributed by atoms with Gasteiger partial charge in [0, 0.05) is 11.5 Å². The Morgan fingerprint density at radius 3 is 2.58 bits per heavy atom. The molecule has 2 fully saturated rings. The van der Waals surface area contributed by atoms with E-state index >= 15 is 0 Å². The highest BCUT2D eigenvalue weighted by Gasteiger charge is 2.65. The molecule has 0 unspecified atom stereocenters. The molecule has 144 valence electrons.